The molecule has 2 atom stereocenters. The number of likely N-dealkylation sites (tertiary alicyclic amines) is 1. The first-order valence-corrected chi connectivity index (χ1v) is 13.1. The summed E-state index contributed by atoms with van der Waals surface area (Å²) in [5.74, 6) is -1.36. The van der Waals surface area contributed by atoms with E-state index in [1.807, 2.05) is 18.2 Å². The lowest BCUT2D eigenvalue weighted by molar-refractivity contribution is -0.141. The van der Waals surface area contributed by atoms with Crippen molar-refractivity contribution >= 4 is 5.97 Å². The molecule has 0 radical (unpaired) electrons. The molecule has 0 saturated carbocycles. The van der Waals surface area contributed by atoms with Crippen molar-refractivity contribution in [1.29, 1.82) is 0 Å². The number of hydrogen-bond acceptors (Lipinski definition) is 5. The maximum atomic E-state index is 16.3. The molecule has 2 aliphatic rings. The van der Waals surface area contributed by atoms with Gasteiger partial charge in [0.05, 0.1) is 19.2 Å². The van der Waals surface area contributed by atoms with Crippen molar-refractivity contribution in [3.8, 4) is 22.8 Å². The number of fused-ring (bicyclic) bond motifs is 1. The first kappa shape index (κ1) is 26.1. The van der Waals surface area contributed by atoms with E-state index >= 15 is 4.39 Å². The van der Waals surface area contributed by atoms with Crippen molar-refractivity contribution in [3.63, 3.8) is 0 Å². The highest BCUT2D eigenvalue weighted by Gasteiger charge is 2.28. The molecule has 2 aromatic carbocycles. The third kappa shape index (κ3) is 5.36. The van der Waals surface area contributed by atoms with Crippen molar-refractivity contribution < 1.29 is 28.2 Å². The SMILES string of the molecule is COc1cc(-c2ccc(C3CCc4ccc(CC(C)C(=O)O)cc4O3)c(F)c2CN2CCCC2)c(F)cn1. The van der Waals surface area contributed by atoms with Gasteiger partial charge in [0.2, 0.25) is 5.88 Å². The van der Waals surface area contributed by atoms with Crippen LogP contribution in [0.3, 0.4) is 0 Å². The van der Waals surface area contributed by atoms with Gasteiger partial charge < -0.3 is 14.6 Å². The first-order chi connectivity index (χ1) is 18.3. The smallest absolute Gasteiger partial charge is 0.306 e. The molecule has 3 aromatic rings. The van der Waals surface area contributed by atoms with E-state index in [2.05, 4.69) is 9.88 Å². The predicted octanol–water partition coefficient (Wildman–Crippen LogP) is 5.96. The molecule has 3 heterocycles. The summed E-state index contributed by atoms with van der Waals surface area (Å²) in [6.45, 7) is 3.79. The molecule has 1 saturated heterocycles. The number of benzene rings is 2. The minimum Gasteiger partial charge on any atom is -0.485 e. The maximum absolute atomic E-state index is 16.3. The molecule has 1 fully saturated rings. The van der Waals surface area contributed by atoms with Crippen LogP contribution in [0.15, 0.2) is 42.6 Å². The lowest BCUT2D eigenvalue weighted by Crippen LogP contribution is -2.22. The molecule has 2 aliphatic heterocycles. The van der Waals surface area contributed by atoms with Crippen LogP contribution < -0.4 is 9.47 Å². The number of methoxy groups -OCH3 is 1. The topological polar surface area (TPSA) is 71.9 Å². The summed E-state index contributed by atoms with van der Waals surface area (Å²) in [6.07, 6.45) is 4.42. The molecule has 6 nitrogen and oxygen atoms in total. The number of halogens is 2. The molecule has 0 amide bonds. The number of aliphatic carboxylic acids is 1. The molecule has 2 unspecified atom stereocenters. The fraction of sp³-hybridized carbons (Fsp3) is 0.400. The highest BCUT2D eigenvalue weighted by atomic mass is 19.1. The molecule has 200 valence electrons. The Bertz CT molecular complexity index is 1340. The van der Waals surface area contributed by atoms with Gasteiger partial charge >= 0.3 is 5.97 Å². The monoisotopic (exact) mass is 522 g/mol. The van der Waals surface area contributed by atoms with E-state index in [0.29, 0.717) is 48.2 Å². The molecular formula is C30H32F2N2O4. The Balaban J connectivity index is 1.50. The van der Waals surface area contributed by atoms with Gasteiger partial charge in [0.15, 0.2) is 0 Å². The third-order valence-corrected chi connectivity index (χ3v) is 7.57. The van der Waals surface area contributed by atoms with Crippen LogP contribution in [0.5, 0.6) is 11.6 Å². The number of carboxylic acids is 1. The second kappa shape index (κ2) is 11.1. The molecule has 1 N–H and O–H groups in total. The van der Waals surface area contributed by atoms with Gasteiger partial charge in [-0.05, 0) is 68.0 Å². The van der Waals surface area contributed by atoms with E-state index in [1.54, 1.807) is 19.1 Å². The van der Waals surface area contributed by atoms with E-state index in [-0.39, 0.29) is 17.3 Å². The minimum absolute atomic E-state index is 0.253. The van der Waals surface area contributed by atoms with Gasteiger partial charge in [-0.15, -0.1) is 0 Å². The summed E-state index contributed by atoms with van der Waals surface area (Å²) in [5, 5.41) is 9.27. The fourth-order valence-electron chi connectivity index (χ4n) is 5.40. The zero-order chi connectivity index (χ0) is 26.8. The molecule has 1 aromatic heterocycles. The second-order valence-corrected chi connectivity index (χ2v) is 10.2. The molecule has 8 heteroatoms. The van der Waals surface area contributed by atoms with Crippen molar-refractivity contribution in [3.05, 3.63) is 76.5 Å². The highest BCUT2D eigenvalue weighted by Crippen LogP contribution is 2.40. The van der Waals surface area contributed by atoms with Crippen LogP contribution >= 0.6 is 0 Å². The van der Waals surface area contributed by atoms with Gasteiger partial charge in [0, 0.05) is 29.3 Å². The predicted molar refractivity (Wildman–Crippen MR) is 139 cm³/mol. The largest absolute Gasteiger partial charge is 0.485 e. The maximum Gasteiger partial charge on any atom is 0.306 e. The van der Waals surface area contributed by atoms with Gasteiger partial charge in [-0.2, -0.15) is 0 Å². The number of carbonyl (C=O) groups is 1. The second-order valence-electron chi connectivity index (χ2n) is 10.2. The van der Waals surface area contributed by atoms with Crippen molar-refractivity contribution in [1.82, 2.24) is 9.88 Å². The first-order valence-electron chi connectivity index (χ1n) is 13.1. The average Bonchev–Trinajstić information content (AvgIpc) is 3.43. The summed E-state index contributed by atoms with van der Waals surface area (Å²) in [6, 6.07) is 10.7. The number of carboxylic acid groups (broad SMARTS) is 1. The number of ether oxygens (including phenoxy) is 2. The molecular weight excluding hydrogens is 490 g/mol. The lowest BCUT2D eigenvalue weighted by atomic mass is 9.91. The number of rotatable bonds is 8. The van der Waals surface area contributed by atoms with Crippen molar-refractivity contribution in [2.24, 2.45) is 5.92 Å². The van der Waals surface area contributed by atoms with E-state index in [9.17, 15) is 14.3 Å². The zero-order valence-corrected chi connectivity index (χ0v) is 21.7. The van der Waals surface area contributed by atoms with Gasteiger partial charge in [-0.1, -0.05) is 31.2 Å². The Morgan fingerprint density at radius 3 is 2.71 bits per heavy atom. The summed E-state index contributed by atoms with van der Waals surface area (Å²) >= 11 is 0. The van der Waals surface area contributed by atoms with Crippen LogP contribution in [0.1, 0.15) is 54.5 Å². The van der Waals surface area contributed by atoms with Gasteiger partial charge in [-0.25, -0.2) is 13.8 Å². The Morgan fingerprint density at radius 1 is 1.18 bits per heavy atom. The number of nitrogens with zero attached hydrogens (tertiary/aromatic N) is 2. The number of hydrogen-bond donors (Lipinski definition) is 1. The summed E-state index contributed by atoms with van der Waals surface area (Å²) < 4.78 is 42.8. The standard InChI is InChI=1S/C30H32F2N2O4/c1-18(30(35)36)13-19-5-6-20-7-10-26(38-27(20)14-19)22-9-8-21(23-15-28(37-2)33-16-25(23)31)24(29(22)32)17-34-11-3-4-12-34/h5-6,8-9,14-16,18,26H,3-4,7,10-13,17H2,1-2H3,(H,35,36). The van der Waals surface area contributed by atoms with Gasteiger partial charge in [0.25, 0.3) is 0 Å². The number of aryl methyl sites for hydroxylation is 1. The molecule has 0 aliphatic carbocycles. The lowest BCUT2D eigenvalue weighted by Gasteiger charge is -2.29. The Labute approximate surface area is 221 Å². The van der Waals surface area contributed by atoms with Crippen LogP contribution in [-0.4, -0.2) is 41.2 Å². The zero-order valence-electron chi connectivity index (χ0n) is 21.7. The molecule has 0 spiro atoms. The fourth-order valence-corrected chi connectivity index (χ4v) is 5.40. The summed E-state index contributed by atoms with van der Waals surface area (Å²) in [4.78, 5) is 17.4. The number of aromatic nitrogens is 1. The van der Waals surface area contributed by atoms with E-state index in [1.165, 1.54) is 13.2 Å². The van der Waals surface area contributed by atoms with E-state index in [0.717, 1.165) is 43.3 Å². The van der Waals surface area contributed by atoms with Crippen molar-refractivity contribution in [2.45, 2.75) is 51.7 Å². The summed E-state index contributed by atoms with van der Waals surface area (Å²) in [5.41, 5.74) is 3.51. The quantitative estimate of drug-likeness (QED) is 0.394. The van der Waals surface area contributed by atoms with Crippen LogP contribution in [0, 0.1) is 17.6 Å². The Kier molecular flexibility index (Phi) is 7.61. The van der Waals surface area contributed by atoms with E-state index in [4.69, 9.17) is 9.47 Å². The van der Waals surface area contributed by atoms with E-state index < -0.39 is 23.8 Å². The van der Waals surface area contributed by atoms with Gasteiger partial charge in [-0.3, -0.25) is 9.69 Å². The van der Waals surface area contributed by atoms with Crippen LogP contribution in [0.25, 0.3) is 11.1 Å². The molecule has 38 heavy (non-hydrogen) atoms. The van der Waals surface area contributed by atoms with Crippen LogP contribution in [0.2, 0.25) is 0 Å². The molecule has 0 bridgehead atoms. The minimum atomic E-state index is -0.850. The normalized spacial score (nSPS) is 18.1. The average molecular weight is 523 g/mol. The third-order valence-electron chi connectivity index (χ3n) is 7.57. The van der Waals surface area contributed by atoms with Crippen LogP contribution in [-0.2, 0) is 24.2 Å². The van der Waals surface area contributed by atoms with Gasteiger partial charge in [0.1, 0.15) is 23.5 Å². The molecule has 5 rings (SSSR count). The van der Waals surface area contributed by atoms with Crippen LogP contribution in [0.4, 0.5) is 8.78 Å². The number of pyridine rings is 1. The summed E-state index contributed by atoms with van der Waals surface area (Å²) in [7, 11) is 1.46. The van der Waals surface area contributed by atoms with Crippen molar-refractivity contribution in [2.75, 3.05) is 20.2 Å². The Morgan fingerprint density at radius 2 is 1.97 bits per heavy atom. The highest BCUT2D eigenvalue weighted by molar-refractivity contribution is 5.70. The Hall–Kier alpha value is -3.52.